The first-order valence-electron chi connectivity index (χ1n) is 11.6. The van der Waals surface area contributed by atoms with Gasteiger partial charge in [0.1, 0.15) is 23.2 Å². The van der Waals surface area contributed by atoms with Crippen molar-refractivity contribution in [3.8, 4) is 11.5 Å². The number of hydrogen-bond acceptors (Lipinski definition) is 8. The first kappa shape index (κ1) is 28.8. The average Bonchev–Trinajstić information content (AvgIpc) is 3.37. The first-order chi connectivity index (χ1) is 19.4. The number of aromatic nitrogens is 3. The maximum absolute atomic E-state index is 12.8. The Kier molecular flexibility index (Phi) is 8.32. The molecular formula is C25H20F4N6O6. The Morgan fingerprint density at radius 1 is 1.15 bits per heavy atom. The number of carboxylic acid groups (broad SMARTS) is 1. The monoisotopic (exact) mass is 576 g/mol. The van der Waals surface area contributed by atoms with E-state index in [4.69, 9.17) is 15.6 Å². The normalized spacial score (nSPS) is 12.4. The summed E-state index contributed by atoms with van der Waals surface area (Å²) >= 11 is 0. The van der Waals surface area contributed by atoms with Crippen molar-refractivity contribution in [2.24, 2.45) is 5.73 Å². The van der Waals surface area contributed by atoms with Crippen LogP contribution in [0.2, 0.25) is 0 Å². The molecule has 0 spiro atoms. The Hall–Kier alpha value is -5.25. The van der Waals surface area contributed by atoms with E-state index >= 15 is 0 Å². The van der Waals surface area contributed by atoms with Gasteiger partial charge >= 0.3 is 12.3 Å². The van der Waals surface area contributed by atoms with Gasteiger partial charge in [-0.05, 0) is 35.4 Å². The Morgan fingerprint density at radius 2 is 1.90 bits per heavy atom. The number of anilines is 1. The summed E-state index contributed by atoms with van der Waals surface area (Å²) in [5.74, 6) is -3.24. The summed E-state index contributed by atoms with van der Waals surface area (Å²) in [5, 5.41) is 14.6. The van der Waals surface area contributed by atoms with Crippen LogP contribution in [-0.2, 0) is 17.9 Å². The molecule has 0 radical (unpaired) electrons. The van der Waals surface area contributed by atoms with E-state index in [0.717, 1.165) is 24.0 Å². The fourth-order valence-electron chi connectivity index (χ4n) is 3.66. The molecule has 1 aliphatic heterocycles. The van der Waals surface area contributed by atoms with Crippen molar-refractivity contribution < 1.29 is 46.5 Å². The molecule has 214 valence electrons. The third kappa shape index (κ3) is 7.04. The summed E-state index contributed by atoms with van der Waals surface area (Å²) in [6.45, 7) is 0.176. The number of aromatic carboxylic acids is 1. The second-order valence-corrected chi connectivity index (χ2v) is 8.32. The van der Waals surface area contributed by atoms with Crippen molar-refractivity contribution in [1.82, 2.24) is 20.3 Å². The van der Waals surface area contributed by atoms with Crippen LogP contribution in [0, 0.1) is 5.82 Å². The van der Waals surface area contributed by atoms with Crippen LogP contribution in [0.15, 0.2) is 48.9 Å². The molecule has 0 saturated carbocycles. The van der Waals surface area contributed by atoms with Gasteiger partial charge in [0, 0.05) is 19.3 Å². The number of ether oxygens (including phenoxy) is 2. The van der Waals surface area contributed by atoms with E-state index in [1.165, 1.54) is 12.3 Å². The van der Waals surface area contributed by atoms with Crippen LogP contribution in [0.4, 0.5) is 23.2 Å². The topological polar surface area (TPSA) is 182 Å². The fourth-order valence-corrected chi connectivity index (χ4v) is 3.66. The zero-order valence-corrected chi connectivity index (χ0v) is 20.7. The van der Waals surface area contributed by atoms with Gasteiger partial charge < -0.3 is 35.9 Å². The molecule has 4 aromatic rings. The molecule has 2 aromatic heterocycles. The molecule has 3 heterocycles. The van der Waals surface area contributed by atoms with Crippen molar-refractivity contribution in [2.75, 3.05) is 11.9 Å². The van der Waals surface area contributed by atoms with Gasteiger partial charge in [-0.2, -0.15) is 0 Å². The lowest BCUT2D eigenvalue weighted by atomic mass is 10.1. The largest absolute Gasteiger partial charge is 0.573 e. The molecule has 0 saturated heterocycles. The number of carboxylic acids is 1. The Morgan fingerprint density at radius 3 is 2.61 bits per heavy atom. The highest BCUT2D eigenvalue weighted by atomic mass is 19.4. The summed E-state index contributed by atoms with van der Waals surface area (Å²) < 4.78 is 56.7. The second-order valence-electron chi connectivity index (χ2n) is 8.32. The second kappa shape index (κ2) is 11.9. The van der Waals surface area contributed by atoms with Crippen molar-refractivity contribution in [2.45, 2.75) is 19.5 Å². The molecule has 0 atom stereocenters. The minimum Gasteiger partial charge on any atom is -0.482 e. The van der Waals surface area contributed by atoms with E-state index < -0.39 is 29.8 Å². The molecule has 1 aliphatic rings. The van der Waals surface area contributed by atoms with Crippen molar-refractivity contribution in [3.05, 3.63) is 77.1 Å². The van der Waals surface area contributed by atoms with E-state index in [-0.39, 0.29) is 47.9 Å². The minimum absolute atomic E-state index is 0.0223. The first-order valence-corrected chi connectivity index (χ1v) is 11.6. The molecule has 0 unspecified atom stereocenters. The maximum Gasteiger partial charge on any atom is 0.573 e. The van der Waals surface area contributed by atoms with Gasteiger partial charge in [-0.1, -0.05) is 12.1 Å². The summed E-state index contributed by atoms with van der Waals surface area (Å²) in [6, 6.07) is 8.27. The number of nitrogens with zero attached hydrogens (tertiary/aromatic N) is 2. The number of carbonyl (C=O) groups is 3. The van der Waals surface area contributed by atoms with Crippen LogP contribution in [0.1, 0.15) is 32.0 Å². The number of nitrogens with two attached hydrogens (primary N) is 1. The van der Waals surface area contributed by atoms with Gasteiger partial charge in [0.2, 0.25) is 0 Å². The molecule has 0 fully saturated rings. The zero-order chi connectivity index (χ0) is 29.7. The third-order valence-corrected chi connectivity index (χ3v) is 5.50. The minimum atomic E-state index is -4.89. The van der Waals surface area contributed by atoms with Crippen LogP contribution < -0.4 is 25.8 Å². The molecule has 0 aliphatic carbocycles. The van der Waals surface area contributed by atoms with E-state index in [1.807, 2.05) is 0 Å². The van der Waals surface area contributed by atoms with E-state index in [2.05, 4.69) is 30.3 Å². The van der Waals surface area contributed by atoms with Gasteiger partial charge in [0.15, 0.2) is 23.9 Å². The molecule has 0 bridgehead atoms. The lowest BCUT2D eigenvalue weighted by molar-refractivity contribution is -0.275. The average molecular weight is 576 g/mol. The molecule has 2 aromatic carbocycles. The van der Waals surface area contributed by atoms with Gasteiger partial charge in [-0.3, -0.25) is 9.59 Å². The Labute approximate surface area is 227 Å². The summed E-state index contributed by atoms with van der Waals surface area (Å²) in [7, 11) is 0. The maximum atomic E-state index is 12.8. The number of benzene rings is 2. The zero-order valence-electron chi connectivity index (χ0n) is 20.7. The summed E-state index contributed by atoms with van der Waals surface area (Å²) in [6.07, 6.45) is -2.48. The number of hydrogen-bond donors (Lipinski definition) is 5. The molecule has 12 nitrogen and oxygen atoms in total. The quantitative estimate of drug-likeness (QED) is 0.216. The van der Waals surface area contributed by atoms with Crippen molar-refractivity contribution >= 4 is 34.5 Å². The number of rotatable bonds is 6. The Balaban J connectivity index is 0.000000234. The number of fused-ring (bicyclic) bond motifs is 2. The van der Waals surface area contributed by atoms with Gasteiger partial charge in [0.25, 0.3) is 11.8 Å². The molecule has 6 N–H and O–H groups in total. The predicted octanol–water partition coefficient (Wildman–Crippen LogP) is 3.10. The molecule has 5 rings (SSSR count). The number of amides is 2. The fraction of sp³-hybridized carbons (Fsp3) is 0.160. The molecule has 2 amide bonds. The Bertz CT molecular complexity index is 1620. The third-order valence-electron chi connectivity index (χ3n) is 5.50. The molecule has 16 heteroatoms. The number of halogens is 4. The van der Waals surface area contributed by atoms with Crippen LogP contribution in [0.3, 0.4) is 0 Å². The SMILES string of the molecule is NCc1ccc(F)c(OC(F)(F)F)c1.O=C1COc2ccc(CNC(=O)c3ncnc4c(C(=O)O)c[nH]c34)cc2N1. The number of H-pyrrole nitrogens is 1. The lowest BCUT2D eigenvalue weighted by Crippen LogP contribution is -2.26. The van der Waals surface area contributed by atoms with Crippen LogP contribution in [0.25, 0.3) is 11.0 Å². The molecular weight excluding hydrogens is 556 g/mol. The lowest BCUT2D eigenvalue weighted by Gasteiger charge is -2.18. The van der Waals surface area contributed by atoms with Gasteiger partial charge in [-0.25, -0.2) is 19.2 Å². The van der Waals surface area contributed by atoms with Crippen molar-refractivity contribution in [1.29, 1.82) is 0 Å². The smallest absolute Gasteiger partial charge is 0.482 e. The van der Waals surface area contributed by atoms with E-state index in [9.17, 15) is 31.9 Å². The number of aromatic amines is 1. The van der Waals surface area contributed by atoms with Crippen LogP contribution in [-0.4, -0.2) is 50.8 Å². The highest BCUT2D eigenvalue weighted by Gasteiger charge is 2.32. The van der Waals surface area contributed by atoms with E-state index in [1.54, 1.807) is 18.2 Å². The van der Waals surface area contributed by atoms with Gasteiger partial charge in [0.05, 0.1) is 11.2 Å². The standard InChI is InChI=1S/C17H13N5O5.C8H7F4NO/c23-12-6-27-11-2-1-8(3-10(11)22-12)4-19-16(24)15-14-13(20-7-21-15)9(5-18-14)17(25)26;9-6-2-1-5(4-13)3-7(6)14-8(10,11)12/h1-3,5,7,18H,4,6H2,(H,19,24)(H,22,23)(H,25,26);1-3H,4,13H2. The van der Waals surface area contributed by atoms with Crippen LogP contribution in [0.5, 0.6) is 11.5 Å². The summed E-state index contributed by atoms with van der Waals surface area (Å²) in [5.41, 5.74) is 7.25. The van der Waals surface area contributed by atoms with Crippen LogP contribution >= 0.6 is 0 Å². The number of alkyl halides is 3. The highest BCUT2D eigenvalue weighted by Crippen LogP contribution is 2.29. The highest BCUT2D eigenvalue weighted by molar-refractivity contribution is 6.08. The summed E-state index contributed by atoms with van der Waals surface area (Å²) in [4.78, 5) is 45.7. The number of nitrogens with one attached hydrogen (secondary N) is 3. The predicted molar refractivity (Wildman–Crippen MR) is 134 cm³/mol. The van der Waals surface area contributed by atoms with Gasteiger partial charge in [-0.15, -0.1) is 13.2 Å². The number of carbonyl (C=O) groups excluding carboxylic acids is 2. The van der Waals surface area contributed by atoms with E-state index in [0.29, 0.717) is 17.0 Å². The van der Waals surface area contributed by atoms with Crippen molar-refractivity contribution in [3.63, 3.8) is 0 Å². The molecule has 41 heavy (non-hydrogen) atoms.